The molecule has 3 heterocycles. The summed E-state index contributed by atoms with van der Waals surface area (Å²) in [5.74, 6) is -1.65. The molecule has 3 aliphatic rings. The highest BCUT2D eigenvalue weighted by molar-refractivity contribution is 5.97. The van der Waals surface area contributed by atoms with Crippen LogP contribution in [0.5, 0.6) is 0 Å². The Balaban J connectivity index is 0.000000555. The molecule has 4 amide bonds. The molecule has 0 spiro atoms. The molecule has 11 heteroatoms. The molecule has 0 aromatic carbocycles. The molecule has 37 heavy (non-hydrogen) atoms. The lowest BCUT2D eigenvalue weighted by molar-refractivity contribution is -0.163. The first kappa shape index (κ1) is 28.6. The summed E-state index contributed by atoms with van der Waals surface area (Å²) >= 11 is 0. The molecule has 4 rings (SSSR count). The van der Waals surface area contributed by atoms with E-state index in [0.29, 0.717) is 0 Å². The van der Waals surface area contributed by atoms with E-state index in [-0.39, 0.29) is 43.2 Å². The molecule has 11 nitrogen and oxygen atoms in total. The summed E-state index contributed by atoms with van der Waals surface area (Å²) in [6, 6.07) is -0.400. The van der Waals surface area contributed by atoms with Crippen molar-refractivity contribution in [1.29, 1.82) is 0 Å². The van der Waals surface area contributed by atoms with Crippen LogP contribution in [0.15, 0.2) is 16.9 Å². The zero-order chi connectivity index (χ0) is 27.1. The number of amides is 4. The number of nitrogens with two attached hydrogens (primary N) is 1. The number of nitrogens with zero attached hydrogens (tertiary/aromatic N) is 4. The fraction of sp³-hybridized carbons (Fsp3) is 0.731. The van der Waals surface area contributed by atoms with Gasteiger partial charge in [-0.2, -0.15) is 0 Å². The van der Waals surface area contributed by atoms with Gasteiger partial charge in [0.15, 0.2) is 5.69 Å². The predicted octanol–water partition coefficient (Wildman–Crippen LogP) is 1.73. The molecule has 206 valence electrons. The molecule has 0 bridgehead atoms. The van der Waals surface area contributed by atoms with Crippen LogP contribution in [0.2, 0.25) is 0 Å². The van der Waals surface area contributed by atoms with E-state index in [0.717, 1.165) is 6.42 Å². The van der Waals surface area contributed by atoms with Crippen LogP contribution in [0, 0.1) is 5.92 Å². The first-order valence-corrected chi connectivity index (χ1v) is 13.5. The van der Waals surface area contributed by atoms with Crippen molar-refractivity contribution in [2.24, 2.45) is 11.7 Å². The monoisotopic (exact) mass is 518 g/mol. The summed E-state index contributed by atoms with van der Waals surface area (Å²) < 4.78 is 4.80. The minimum Gasteiger partial charge on any atom is -0.364 e. The molecule has 3 fully saturated rings. The fourth-order valence-corrected chi connectivity index (χ4v) is 4.88. The number of hydrogen-bond acceptors (Lipinski definition) is 7. The Bertz CT molecular complexity index is 920. The molecule has 4 atom stereocenters. The zero-order valence-corrected chi connectivity index (χ0v) is 22.5. The first-order chi connectivity index (χ1) is 17.6. The highest BCUT2D eigenvalue weighted by Crippen LogP contribution is 2.25. The van der Waals surface area contributed by atoms with Crippen molar-refractivity contribution < 1.29 is 23.7 Å². The maximum atomic E-state index is 13.2. The third-order valence-corrected chi connectivity index (χ3v) is 7.54. The van der Waals surface area contributed by atoms with E-state index >= 15 is 0 Å². The molecular weight excluding hydrogens is 476 g/mol. The molecule has 2 saturated heterocycles. The number of carbonyl (C=O) groups excluding carboxylic acids is 4. The van der Waals surface area contributed by atoms with Crippen LogP contribution in [0.25, 0.3) is 0 Å². The van der Waals surface area contributed by atoms with Gasteiger partial charge in [0.2, 0.25) is 17.7 Å². The number of nitrogens with one attached hydrogen (secondary N) is 1. The van der Waals surface area contributed by atoms with Gasteiger partial charge in [-0.1, -0.05) is 64.5 Å². The normalized spacial score (nSPS) is 23.7. The molecule has 0 radical (unpaired) electrons. The van der Waals surface area contributed by atoms with Crippen molar-refractivity contribution in [3.05, 3.63) is 18.0 Å². The molecular formula is C26H42N6O5. The van der Waals surface area contributed by atoms with Gasteiger partial charge in [-0.05, 0) is 19.3 Å². The maximum absolute atomic E-state index is 13.2. The van der Waals surface area contributed by atoms with Crippen LogP contribution in [0.4, 0.5) is 0 Å². The van der Waals surface area contributed by atoms with Crippen molar-refractivity contribution >= 4 is 23.6 Å². The smallest absolute Gasteiger partial charge is 0.277 e. The highest BCUT2D eigenvalue weighted by Gasteiger charge is 2.48. The number of hydrogen-bond donors (Lipinski definition) is 2. The van der Waals surface area contributed by atoms with Crippen molar-refractivity contribution in [2.45, 2.75) is 96.9 Å². The topological polar surface area (TPSA) is 142 Å². The van der Waals surface area contributed by atoms with Crippen LogP contribution in [-0.2, 0) is 14.4 Å². The van der Waals surface area contributed by atoms with Gasteiger partial charge in [-0.25, -0.2) is 0 Å². The summed E-state index contributed by atoms with van der Waals surface area (Å²) in [6.45, 7) is 7.47. The Hall–Kier alpha value is -2.95. The first-order valence-electron chi connectivity index (χ1n) is 13.5. The fourth-order valence-electron chi connectivity index (χ4n) is 4.88. The zero-order valence-electron chi connectivity index (χ0n) is 22.5. The predicted molar refractivity (Wildman–Crippen MR) is 137 cm³/mol. The summed E-state index contributed by atoms with van der Waals surface area (Å²) in [6.07, 6.45) is 10.4. The van der Waals surface area contributed by atoms with Crippen LogP contribution in [0.1, 0.15) is 83.1 Å². The average Bonchev–Trinajstić information content (AvgIpc) is 3.45. The Labute approximate surface area is 219 Å². The van der Waals surface area contributed by atoms with Crippen LogP contribution < -0.4 is 11.1 Å². The lowest BCUT2D eigenvalue weighted by Gasteiger charge is -2.51. The Morgan fingerprint density at radius 3 is 2.24 bits per heavy atom. The van der Waals surface area contributed by atoms with Crippen molar-refractivity contribution in [3.8, 4) is 0 Å². The van der Waals surface area contributed by atoms with Crippen molar-refractivity contribution in [3.63, 3.8) is 0 Å². The van der Waals surface area contributed by atoms with Crippen LogP contribution in [0.3, 0.4) is 0 Å². The van der Waals surface area contributed by atoms with E-state index in [1.165, 1.54) is 60.7 Å². The largest absolute Gasteiger partial charge is 0.364 e. The standard InChI is InChI=1S/C20H30N6O5.C6H12/c1-5-12(4)24-9-15-25(19(29)13-6-7-31-23-13)8-14(20(30)26(15)10-16(24)27)22-18(28)17(21)11(2)3;1-2-4-6-5-3-1/h6-7,11-12,14-15,17H,5,8-10,21H2,1-4H3,(H,22,28);1-6H2. The van der Waals surface area contributed by atoms with Gasteiger partial charge in [0.25, 0.3) is 5.91 Å². The van der Waals surface area contributed by atoms with Crippen LogP contribution in [-0.4, -0.2) is 87.4 Å². The maximum Gasteiger partial charge on any atom is 0.277 e. The van der Waals surface area contributed by atoms with Gasteiger partial charge in [0.1, 0.15) is 25.0 Å². The SMILES string of the molecule is C1CCCCC1.CCC(C)N1CC2N(C(=O)c3ccon3)CC(NC(=O)C(N)C(C)C)C(=O)N2CC1=O. The molecule has 4 unspecified atom stereocenters. The van der Waals surface area contributed by atoms with E-state index in [2.05, 4.69) is 10.5 Å². The van der Waals surface area contributed by atoms with Crippen molar-refractivity contribution in [2.75, 3.05) is 19.6 Å². The number of rotatable bonds is 6. The van der Waals surface area contributed by atoms with Gasteiger partial charge in [-0.3, -0.25) is 19.2 Å². The molecule has 1 aromatic heterocycles. The van der Waals surface area contributed by atoms with E-state index in [4.69, 9.17) is 10.3 Å². The number of carbonyl (C=O) groups is 4. The Morgan fingerprint density at radius 2 is 1.73 bits per heavy atom. The Kier molecular flexibility index (Phi) is 10.1. The number of fused-ring (bicyclic) bond motifs is 1. The molecule has 1 saturated carbocycles. The number of piperazine rings is 1. The van der Waals surface area contributed by atoms with E-state index in [1.54, 1.807) is 18.7 Å². The van der Waals surface area contributed by atoms with Gasteiger partial charge in [0.05, 0.1) is 19.1 Å². The second kappa shape index (κ2) is 13.0. The van der Waals surface area contributed by atoms with Gasteiger partial charge < -0.3 is 30.3 Å². The summed E-state index contributed by atoms with van der Waals surface area (Å²) in [4.78, 5) is 56.0. The minimum atomic E-state index is -1.01. The highest BCUT2D eigenvalue weighted by atomic mass is 16.5. The second-order valence-corrected chi connectivity index (χ2v) is 10.5. The van der Waals surface area contributed by atoms with Gasteiger partial charge >= 0.3 is 0 Å². The molecule has 1 aliphatic carbocycles. The Morgan fingerprint density at radius 1 is 1.11 bits per heavy atom. The summed E-state index contributed by atoms with van der Waals surface area (Å²) in [5, 5.41) is 6.37. The lowest BCUT2D eigenvalue weighted by atomic mass is 10.0. The van der Waals surface area contributed by atoms with Crippen molar-refractivity contribution in [1.82, 2.24) is 25.2 Å². The summed E-state index contributed by atoms with van der Waals surface area (Å²) in [7, 11) is 0. The van der Waals surface area contributed by atoms with Gasteiger partial charge in [0, 0.05) is 12.1 Å². The number of aromatic nitrogens is 1. The second-order valence-electron chi connectivity index (χ2n) is 10.5. The van der Waals surface area contributed by atoms with E-state index < -0.39 is 36.0 Å². The average molecular weight is 519 g/mol. The third-order valence-electron chi connectivity index (χ3n) is 7.54. The molecule has 2 aliphatic heterocycles. The lowest BCUT2D eigenvalue weighted by Crippen LogP contribution is -2.74. The third kappa shape index (κ3) is 6.88. The molecule has 1 aromatic rings. The van der Waals surface area contributed by atoms with E-state index in [9.17, 15) is 19.2 Å². The summed E-state index contributed by atoms with van der Waals surface area (Å²) in [5.41, 5.74) is 6.00. The molecule has 3 N–H and O–H groups in total. The van der Waals surface area contributed by atoms with Crippen LogP contribution >= 0.6 is 0 Å². The van der Waals surface area contributed by atoms with Gasteiger partial charge in [-0.15, -0.1) is 0 Å². The minimum absolute atomic E-state index is 0.0322. The van der Waals surface area contributed by atoms with E-state index in [1.807, 2.05) is 13.8 Å². The quantitative estimate of drug-likeness (QED) is 0.584.